The van der Waals surface area contributed by atoms with E-state index in [0.717, 1.165) is 0 Å². The molecule has 2 heterocycles. The van der Waals surface area contributed by atoms with Crippen molar-refractivity contribution in [1.82, 2.24) is 15.5 Å². The third kappa shape index (κ3) is 4.42. The normalized spacial score (nSPS) is 17.0. The molecule has 3 rings (SSSR count). The van der Waals surface area contributed by atoms with Gasteiger partial charge in [-0.3, -0.25) is 9.59 Å². The maximum Gasteiger partial charge on any atom is 0.239 e. The Morgan fingerprint density at radius 1 is 1.37 bits per heavy atom. The summed E-state index contributed by atoms with van der Waals surface area (Å²) in [6, 6.07) is 4.98. The van der Waals surface area contributed by atoms with Crippen LogP contribution in [0.4, 0.5) is 5.69 Å². The van der Waals surface area contributed by atoms with Gasteiger partial charge in [-0.15, -0.1) is 0 Å². The van der Waals surface area contributed by atoms with Crippen LogP contribution in [0.1, 0.15) is 37.9 Å². The maximum atomic E-state index is 12.6. The van der Waals surface area contributed by atoms with E-state index < -0.39 is 5.92 Å². The van der Waals surface area contributed by atoms with E-state index in [-0.39, 0.29) is 17.7 Å². The minimum absolute atomic E-state index is 0.181. The summed E-state index contributed by atoms with van der Waals surface area (Å²) in [6.45, 7) is 4.73. The van der Waals surface area contributed by atoms with Crippen molar-refractivity contribution < 1.29 is 14.1 Å². The molecule has 0 aliphatic carbocycles. The molecule has 9 heteroatoms. The zero-order valence-corrected chi connectivity index (χ0v) is 16.5. The van der Waals surface area contributed by atoms with Crippen LogP contribution in [0, 0.1) is 5.92 Å². The van der Waals surface area contributed by atoms with Crippen LogP contribution >= 0.6 is 23.2 Å². The van der Waals surface area contributed by atoms with Crippen molar-refractivity contribution in [3.63, 3.8) is 0 Å². The minimum Gasteiger partial charge on any atom is -0.355 e. The number of aromatic nitrogens is 2. The number of rotatable bonds is 6. The third-order valence-corrected chi connectivity index (χ3v) is 5.11. The van der Waals surface area contributed by atoms with Crippen LogP contribution in [-0.4, -0.2) is 35.0 Å². The van der Waals surface area contributed by atoms with E-state index in [9.17, 15) is 9.59 Å². The van der Waals surface area contributed by atoms with E-state index in [1.807, 2.05) is 13.8 Å². The van der Waals surface area contributed by atoms with Gasteiger partial charge < -0.3 is 14.7 Å². The molecule has 1 saturated heterocycles. The number of nitrogens with one attached hydrogen (secondary N) is 1. The van der Waals surface area contributed by atoms with E-state index in [0.29, 0.717) is 53.4 Å². The smallest absolute Gasteiger partial charge is 0.239 e. The first-order chi connectivity index (χ1) is 12.9. The fourth-order valence-corrected chi connectivity index (χ4v) is 3.14. The molecule has 0 spiro atoms. The molecule has 7 nitrogen and oxygen atoms in total. The van der Waals surface area contributed by atoms with Gasteiger partial charge >= 0.3 is 0 Å². The monoisotopic (exact) mass is 410 g/mol. The number of halogens is 2. The lowest BCUT2D eigenvalue weighted by Crippen LogP contribution is -2.37. The van der Waals surface area contributed by atoms with Crippen molar-refractivity contribution >= 4 is 40.7 Å². The molecule has 0 bridgehead atoms. The van der Waals surface area contributed by atoms with Gasteiger partial charge in [0.2, 0.25) is 17.7 Å². The van der Waals surface area contributed by atoms with Gasteiger partial charge in [0.15, 0.2) is 5.82 Å². The Kier molecular flexibility index (Phi) is 6.01. The highest BCUT2D eigenvalue weighted by Crippen LogP contribution is 2.31. The fraction of sp³-hybridized carbons (Fsp3) is 0.444. The van der Waals surface area contributed by atoms with Crippen molar-refractivity contribution in [2.24, 2.45) is 5.92 Å². The molecule has 1 atom stereocenters. The number of carbonyl (C=O) groups excluding carboxylic acids is 2. The first-order valence-electron chi connectivity index (χ1n) is 8.73. The van der Waals surface area contributed by atoms with Gasteiger partial charge in [-0.2, -0.15) is 4.98 Å². The largest absolute Gasteiger partial charge is 0.355 e. The van der Waals surface area contributed by atoms with Crippen LogP contribution in [0.5, 0.6) is 0 Å². The average Bonchev–Trinajstić information content (AvgIpc) is 3.24. The summed E-state index contributed by atoms with van der Waals surface area (Å²) < 4.78 is 5.14. The number of amides is 2. The second-order valence-electron chi connectivity index (χ2n) is 6.67. The zero-order chi connectivity index (χ0) is 19.6. The Bertz CT molecular complexity index is 853. The first-order valence-corrected chi connectivity index (χ1v) is 9.49. The molecular formula is C18H20Cl2N4O3. The highest BCUT2D eigenvalue weighted by atomic mass is 35.5. The van der Waals surface area contributed by atoms with Crippen LogP contribution < -0.4 is 10.2 Å². The molecule has 1 unspecified atom stereocenters. The van der Waals surface area contributed by atoms with E-state index in [1.54, 1.807) is 23.1 Å². The number of benzene rings is 1. The van der Waals surface area contributed by atoms with Crippen LogP contribution in [0.15, 0.2) is 22.7 Å². The number of nitrogens with zero attached hydrogens (tertiary/aromatic N) is 3. The highest BCUT2D eigenvalue weighted by Gasteiger charge is 2.37. The van der Waals surface area contributed by atoms with Gasteiger partial charge in [-0.25, -0.2) is 0 Å². The molecule has 1 aromatic carbocycles. The predicted molar refractivity (Wildman–Crippen MR) is 102 cm³/mol. The van der Waals surface area contributed by atoms with Crippen molar-refractivity contribution in [2.45, 2.75) is 32.6 Å². The van der Waals surface area contributed by atoms with Crippen LogP contribution in [0.3, 0.4) is 0 Å². The first kappa shape index (κ1) is 19.6. The van der Waals surface area contributed by atoms with Gasteiger partial charge in [-0.1, -0.05) is 42.2 Å². The van der Waals surface area contributed by atoms with E-state index >= 15 is 0 Å². The maximum absolute atomic E-state index is 12.6. The Morgan fingerprint density at radius 3 is 2.81 bits per heavy atom. The number of hydrogen-bond donors (Lipinski definition) is 1. The van der Waals surface area contributed by atoms with E-state index in [4.69, 9.17) is 27.7 Å². The molecule has 1 aromatic heterocycles. The van der Waals surface area contributed by atoms with Gasteiger partial charge in [0.05, 0.1) is 10.0 Å². The summed E-state index contributed by atoms with van der Waals surface area (Å²) in [5, 5.41) is 7.44. The van der Waals surface area contributed by atoms with Crippen molar-refractivity contribution in [2.75, 3.05) is 18.0 Å². The van der Waals surface area contributed by atoms with Crippen molar-refractivity contribution in [3.05, 3.63) is 40.0 Å². The number of hydrogen-bond acceptors (Lipinski definition) is 5. The lowest BCUT2D eigenvalue weighted by molar-refractivity contribution is -0.132. The Labute approximate surface area is 167 Å². The second-order valence-corrected chi connectivity index (χ2v) is 7.49. The van der Waals surface area contributed by atoms with E-state index in [2.05, 4.69) is 15.5 Å². The standard InChI is InChI=1S/C18H20Cl2N4O3/c1-10(2)16-22-15(27-23-16)5-7-21-17(25)12-6-8-24(18(12)26)11-3-4-13(19)14(20)9-11/h3-4,9-10,12H,5-8H2,1-2H3,(H,21,25). The molecule has 1 aliphatic heterocycles. The minimum atomic E-state index is -0.714. The van der Waals surface area contributed by atoms with Crippen molar-refractivity contribution in [1.29, 1.82) is 0 Å². The third-order valence-electron chi connectivity index (χ3n) is 4.38. The quantitative estimate of drug-likeness (QED) is 0.738. The molecule has 2 amide bonds. The Morgan fingerprint density at radius 2 is 2.15 bits per heavy atom. The molecule has 1 fully saturated rings. The zero-order valence-electron chi connectivity index (χ0n) is 15.0. The van der Waals surface area contributed by atoms with Gasteiger partial charge in [0, 0.05) is 31.1 Å². The molecule has 0 saturated carbocycles. The topological polar surface area (TPSA) is 88.3 Å². The lowest BCUT2D eigenvalue weighted by Gasteiger charge is -2.17. The summed E-state index contributed by atoms with van der Waals surface area (Å²) in [6.07, 6.45) is 0.867. The van der Waals surface area contributed by atoms with Gasteiger partial charge in [0.1, 0.15) is 5.92 Å². The fourth-order valence-electron chi connectivity index (χ4n) is 2.85. The second kappa shape index (κ2) is 8.27. The lowest BCUT2D eigenvalue weighted by atomic mass is 10.1. The average molecular weight is 411 g/mol. The molecule has 144 valence electrons. The molecule has 27 heavy (non-hydrogen) atoms. The van der Waals surface area contributed by atoms with Crippen LogP contribution in [0.2, 0.25) is 10.0 Å². The number of anilines is 1. The Hall–Kier alpha value is -2.12. The summed E-state index contributed by atoms with van der Waals surface area (Å²) in [7, 11) is 0. The molecule has 1 N–H and O–H groups in total. The Balaban J connectivity index is 1.54. The predicted octanol–water partition coefficient (Wildman–Crippen LogP) is 3.21. The van der Waals surface area contributed by atoms with Gasteiger partial charge in [-0.05, 0) is 24.6 Å². The molecule has 2 aromatic rings. The number of carbonyl (C=O) groups is 2. The molecule has 0 radical (unpaired) electrons. The SMILES string of the molecule is CC(C)c1noc(CCNC(=O)C2CCN(c3ccc(Cl)c(Cl)c3)C2=O)n1. The van der Waals surface area contributed by atoms with Crippen LogP contribution in [0.25, 0.3) is 0 Å². The van der Waals surface area contributed by atoms with Gasteiger partial charge in [0.25, 0.3) is 0 Å². The summed E-state index contributed by atoms with van der Waals surface area (Å²) in [5.41, 5.74) is 0.636. The summed E-state index contributed by atoms with van der Waals surface area (Å²) >= 11 is 11.9. The van der Waals surface area contributed by atoms with E-state index in [1.165, 1.54) is 0 Å². The molecule has 1 aliphatic rings. The summed E-state index contributed by atoms with van der Waals surface area (Å²) in [4.78, 5) is 30.8. The van der Waals surface area contributed by atoms with Crippen LogP contribution in [-0.2, 0) is 16.0 Å². The summed E-state index contributed by atoms with van der Waals surface area (Å²) in [5.74, 6) is 0.0274. The molecular weight excluding hydrogens is 391 g/mol. The highest BCUT2D eigenvalue weighted by molar-refractivity contribution is 6.42. The van der Waals surface area contributed by atoms with Crippen molar-refractivity contribution in [3.8, 4) is 0 Å².